The summed E-state index contributed by atoms with van der Waals surface area (Å²) in [4.78, 5) is 22.8. The van der Waals surface area contributed by atoms with Crippen LogP contribution in [-0.4, -0.2) is 30.4 Å². The molecule has 0 aliphatic carbocycles. The highest BCUT2D eigenvalue weighted by molar-refractivity contribution is 14.1. The quantitative estimate of drug-likeness (QED) is 0.621. The molecular formula is C15H16IN5O. The van der Waals surface area contributed by atoms with Crippen LogP contribution in [0.25, 0.3) is 11.0 Å². The highest BCUT2D eigenvalue weighted by atomic mass is 127. The van der Waals surface area contributed by atoms with Gasteiger partial charge in [-0.2, -0.15) is 4.98 Å². The number of fused-ring (bicyclic) bond motifs is 1. The predicted octanol–water partition coefficient (Wildman–Crippen LogP) is 2.02. The van der Waals surface area contributed by atoms with Crippen LogP contribution in [0.4, 0.5) is 5.95 Å². The summed E-state index contributed by atoms with van der Waals surface area (Å²) in [5.74, 6) is 0.514. The lowest BCUT2D eigenvalue weighted by Gasteiger charge is -2.20. The van der Waals surface area contributed by atoms with Gasteiger partial charge in [-0.05, 0) is 6.07 Å². The lowest BCUT2D eigenvalue weighted by Crippen LogP contribution is -2.20. The van der Waals surface area contributed by atoms with Crippen molar-refractivity contribution in [1.82, 2.24) is 19.4 Å². The van der Waals surface area contributed by atoms with E-state index in [0.29, 0.717) is 22.1 Å². The zero-order chi connectivity index (χ0) is 15.7. The molecule has 2 aromatic heterocycles. The zero-order valence-electron chi connectivity index (χ0n) is 12.3. The number of halogens is 1. The molecule has 7 heteroatoms. The van der Waals surface area contributed by atoms with Gasteiger partial charge in [-0.25, -0.2) is 4.98 Å². The summed E-state index contributed by atoms with van der Waals surface area (Å²) in [5.41, 5.74) is 1.44. The predicted molar refractivity (Wildman–Crippen MR) is 96.0 cm³/mol. The third-order valence-corrected chi connectivity index (χ3v) is 4.35. The van der Waals surface area contributed by atoms with E-state index in [-0.39, 0.29) is 5.56 Å². The van der Waals surface area contributed by atoms with Crippen LogP contribution in [0.1, 0.15) is 5.69 Å². The number of pyridine rings is 1. The number of anilines is 1. The van der Waals surface area contributed by atoms with E-state index in [1.165, 1.54) is 0 Å². The van der Waals surface area contributed by atoms with Crippen molar-refractivity contribution in [3.8, 4) is 0 Å². The van der Waals surface area contributed by atoms with Crippen molar-refractivity contribution >= 4 is 39.6 Å². The number of hydrogen-bond acceptors (Lipinski definition) is 5. The van der Waals surface area contributed by atoms with E-state index in [1.54, 1.807) is 30.8 Å². The van der Waals surface area contributed by atoms with Gasteiger partial charge in [0, 0.05) is 37.9 Å². The van der Waals surface area contributed by atoms with Crippen LogP contribution >= 0.6 is 22.6 Å². The molecule has 0 unspecified atom stereocenters. The van der Waals surface area contributed by atoms with Gasteiger partial charge in [-0.15, -0.1) is 0 Å². The van der Waals surface area contributed by atoms with Crippen LogP contribution < -0.4 is 10.9 Å². The summed E-state index contributed by atoms with van der Waals surface area (Å²) in [5, 5.41) is 3.85. The summed E-state index contributed by atoms with van der Waals surface area (Å²) in [6, 6.07) is 3.35. The molecule has 0 saturated heterocycles. The number of rotatable bonds is 3. The third-order valence-electron chi connectivity index (χ3n) is 3.52. The number of hydrogen-bond donors (Lipinski definition) is 1. The fourth-order valence-electron chi connectivity index (χ4n) is 2.31. The van der Waals surface area contributed by atoms with Crippen molar-refractivity contribution in [2.45, 2.75) is 10.5 Å². The fourth-order valence-corrected chi connectivity index (χ4v) is 2.68. The van der Waals surface area contributed by atoms with Crippen LogP contribution in [0, 0.1) is 0 Å². The van der Waals surface area contributed by atoms with Gasteiger partial charge in [-0.1, -0.05) is 34.7 Å². The van der Waals surface area contributed by atoms with E-state index in [1.807, 2.05) is 12.4 Å². The van der Waals surface area contributed by atoms with Gasteiger partial charge in [0.1, 0.15) is 5.65 Å². The minimum absolute atomic E-state index is 0.0790. The molecule has 22 heavy (non-hydrogen) atoms. The van der Waals surface area contributed by atoms with Gasteiger partial charge >= 0.3 is 0 Å². The number of nitrogens with one attached hydrogen (secondary N) is 1. The Morgan fingerprint density at radius 3 is 2.68 bits per heavy atom. The van der Waals surface area contributed by atoms with Gasteiger partial charge < -0.3 is 10.2 Å². The van der Waals surface area contributed by atoms with Gasteiger partial charge in [-0.3, -0.25) is 9.36 Å². The van der Waals surface area contributed by atoms with E-state index < -0.39 is 0 Å². The molecule has 0 aromatic carbocycles. The lowest BCUT2D eigenvalue weighted by molar-refractivity contribution is 0.488. The molecule has 0 fully saturated rings. The first kappa shape index (κ1) is 15.0. The van der Waals surface area contributed by atoms with Crippen molar-refractivity contribution in [1.29, 1.82) is 0 Å². The summed E-state index contributed by atoms with van der Waals surface area (Å²) < 4.78 is 1.97. The molecule has 0 atom stereocenters. The topological polar surface area (TPSA) is 63.1 Å². The number of alkyl halides is 1. The average Bonchev–Trinajstić information content (AvgIpc) is 2.53. The third kappa shape index (κ3) is 2.85. The van der Waals surface area contributed by atoms with E-state index in [0.717, 1.165) is 11.1 Å². The highest BCUT2D eigenvalue weighted by Gasteiger charge is 2.13. The van der Waals surface area contributed by atoms with Gasteiger partial charge in [0.2, 0.25) is 5.95 Å². The summed E-state index contributed by atoms with van der Waals surface area (Å²) in [7, 11) is 3.50. The Kier molecular flexibility index (Phi) is 4.14. The molecule has 1 aliphatic heterocycles. The maximum absolute atomic E-state index is 11.8. The Bertz CT molecular complexity index is 813. The second-order valence-corrected chi connectivity index (χ2v) is 6.45. The number of aromatic nitrogens is 3. The average molecular weight is 409 g/mol. The first-order valence-electron chi connectivity index (χ1n) is 6.89. The van der Waals surface area contributed by atoms with E-state index in [4.69, 9.17) is 0 Å². The van der Waals surface area contributed by atoms with Crippen molar-refractivity contribution in [3.05, 3.63) is 52.7 Å². The summed E-state index contributed by atoms with van der Waals surface area (Å²) >= 11 is 2.36. The Morgan fingerprint density at radius 1 is 1.27 bits per heavy atom. The monoisotopic (exact) mass is 409 g/mol. The normalized spacial score (nSPS) is 14.8. The molecule has 0 radical (unpaired) electrons. The largest absolute Gasteiger partial charge is 0.357 e. The van der Waals surface area contributed by atoms with E-state index in [2.05, 4.69) is 54.9 Å². The van der Waals surface area contributed by atoms with Crippen LogP contribution in [-0.2, 0) is 13.6 Å². The molecule has 114 valence electrons. The van der Waals surface area contributed by atoms with Crippen LogP contribution in [0.15, 0.2) is 41.5 Å². The second kappa shape index (κ2) is 6.07. The fraction of sp³-hybridized carbons (Fsp3) is 0.267. The van der Waals surface area contributed by atoms with Crippen LogP contribution in [0.3, 0.4) is 0 Å². The summed E-state index contributed by atoms with van der Waals surface area (Å²) in [6.45, 7) is 0.627. The number of allylic oxidation sites excluding steroid dienone is 2. The summed E-state index contributed by atoms with van der Waals surface area (Å²) in [6.07, 6.45) is 8.34. The minimum atomic E-state index is -0.0790. The standard InChI is InChI=1S/C15H16IN5O/c1-17-15-18-12(9-21-7-5-10(16)6-8-21)11-3-4-13(22)20(2)14(11)19-15/h3-8,10H,9H2,1-2H3,(H,17,18,19). The Hall–Kier alpha value is -1.90. The molecule has 6 nitrogen and oxygen atoms in total. The zero-order valence-corrected chi connectivity index (χ0v) is 14.5. The van der Waals surface area contributed by atoms with E-state index in [9.17, 15) is 4.79 Å². The smallest absolute Gasteiger partial charge is 0.251 e. The van der Waals surface area contributed by atoms with E-state index >= 15 is 0 Å². The van der Waals surface area contributed by atoms with Crippen molar-refractivity contribution in [2.75, 3.05) is 12.4 Å². The first-order valence-corrected chi connectivity index (χ1v) is 8.14. The van der Waals surface area contributed by atoms with Gasteiger partial charge in [0.15, 0.2) is 0 Å². The second-order valence-electron chi connectivity index (χ2n) is 5.01. The van der Waals surface area contributed by atoms with Crippen molar-refractivity contribution < 1.29 is 0 Å². The maximum atomic E-state index is 11.8. The first-order chi connectivity index (χ1) is 10.6. The molecular weight excluding hydrogens is 393 g/mol. The van der Waals surface area contributed by atoms with Crippen LogP contribution in [0.2, 0.25) is 0 Å². The van der Waals surface area contributed by atoms with Crippen molar-refractivity contribution in [2.24, 2.45) is 7.05 Å². The van der Waals surface area contributed by atoms with Crippen LogP contribution in [0.5, 0.6) is 0 Å². The Balaban J connectivity index is 2.08. The molecule has 0 bridgehead atoms. The number of nitrogens with zero attached hydrogens (tertiary/aromatic N) is 4. The maximum Gasteiger partial charge on any atom is 0.251 e. The Labute approximate surface area is 141 Å². The number of aryl methyl sites for hydroxylation is 1. The Morgan fingerprint density at radius 2 is 2.00 bits per heavy atom. The molecule has 3 heterocycles. The molecule has 0 spiro atoms. The molecule has 1 aliphatic rings. The minimum Gasteiger partial charge on any atom is -0.357 e. The molecule has 0 amide bonds. The molecule has 3 rings (SSSR count). The van der Waals surface area contributed by atoms with Gasteiger partial charge in [0.05, 0.1) is 16.2 Å². The molecule has 2 aromatic rings. The lowest BCUT2D eigenvalue weighted by atomic mass is 10.2. The van der Waals surface area contributed by atoms with Gasteiger partial charge in [0.25, 0.3) is 5.56 Å². The highest BCUT2D eigenvalue weighted by Crippen LogP contribution is 2.20. The molecule has 1 N–H and O–H groups in total. The van der Waals surface area contributed by atoms with Crippen molar-refractivity contribution in [3.63, 3.8) is 0 Å². The SMILES string of the molecule is CNc1nc(CN2C=CC(I)C=C2)c2ccc(=O)n(C)c2n1. The molecule has 0 saturated carbocycles.